The van der Waals surface area contributed by atoms with E-state index in [1.807, 2.05) is 19.9 Å². The van der Waals surface area contributed by atoms with E-state index < -0.39 is 23.0 Å². The molecule has 3 aromatic rings. The maximum absolute atomic E-state index is 13.6. The molecule has 0 fully saturated rings. The highest BCUT2D eigenvalue weighted by atomic mass is 19.1. The van der Waals surface area contributed by atoms with Gasteiger partial charge in [-0.3, -0.25) is 14.2 Å². The molecule has 1 aromatic heterocycles. The van der Waals surface area contributed by atoms with Crippen molar-refractivity contribution in [3.63, 3.8) is 0 Å². The van der Waals surface area contributed by atoms with E-state index in [-0.39, 0.29) is 12.2 Å². The second-order valence-corrected chi connectivity index (χ2v) is 7.15. The first-order chi connectivity index (χ1) is 14.2. The zero-order chi connectivity index (χ0) is 22.0. The number of benzene rings is 2. The number of hydrogen-bond acceptors (Lipinski definition) is 4. The van der Waals surface area contributed by atoms with Gasteiger partial charge in [0.2, 0.25) is 5.69 Å². The molecule has 0 N–H and O–H groups in total. The molecule has 0 atom stereocenters. The SMILES string of the molecule is CCN(C)C(=O)c1nn(-c2ccc(C)c(C)c2)c(=O)n(Cc2cccc(F)c2)c1=O. The van der Waals surface area contributed by atoms with E-state index in [4.69, 9.17) is 0 Å². The Morgan fingerprint density at radius 3 is 2.47 bits per heavy atom. The van der Waals surface area contributed by atoms with Gasteiger partial charge in [0.15, 0.2) is 0 Å². The van der Waals surface area contributed by atoms with Gasteiger partial charge in [-0.05, 0) is 61.7 Å². The van der Waals surface area contributed by atoms with Crippen LogP contribution in [0.2, 0.25) is 0 Å². The van der Waals surface area contributed by atoms with Crippen molar-refractivity contribution in [3.05, 3.63) is 91.5 Å². The Kier molecular flexibility index (Phi) is 5.96. The number of hydrogen-bond donors (Lipinski definition) is 0. The summed E-state index contributed by atoms with van der Waals surface area (Å²) in [4.78, 5) is 40.2. The van der Waals surface area contributed by atoms with Crippen molar-refractivity contribution in [2.75, 3.05) is 13.6 Å². The van der Waals surface area contributed by atoms with Crippen molar-refractivity contribution in [1.82, 2.24) is 19.2 Å². The van der Waals surface area contributed by atoms with Crippen LogP contribution in [0, 0.1) is 19.7 Å². The molecule has 0 spiro atoms. The van der Waals surface area contributed by atoms with E-state index in [0.717, 1.165) is 20.4 Å². The Labute approximate surface area is 173 Å². The van der Waals surface area contributed by atoms with Gasteiger partial charge in [0, 0.05) is 13.6 Å². The van der Waals surface area contributed by atoms with Crippen molar-refractivity contribution < 1.29 is 9.18 Å². The Balaban J connectivity index is 2.26. The molecule has 156 valence electrons. The second-order valence-electron chi connectivity index (χ2n) is 7.15. The Morgan fingerprint density at radius 2 is 1.83 bits per heavy atom. The summed E-state index contributed by atoms with van der Waals surface area (Å²) >= 11 is 0. The summed E-state index contributed by atoms with van der Waals surface area (Å²) in [5.41, 5.74) is 0.939. The van der Waals surface area contributed by atoms with Crippen molar-refractivity contribution in [1.29, 1.82) is 0 Å². The Bertz CT molecular complexity index is 1230. The highest BCUT2D eigenvalue weighted by Crippen LogP contribution is 2.12. The first-order valence-corrected chi connectivity index (χ1v) is 9.54. The number of amides is 1. The molecule has 1 amide bonds. The summed E-state index contributed by atoms with van der Waals surface area (Å²) in [5, 5.41) is 4.11. The van der Waals surface area contributed by atoms with Gasteiger partial charge < -0.3 is 4.90 Å². The molecule has 0 saturated carbocycles. The lowest BCUT2D eigenvalue weighted by Crippen LogP contribution is -2.46. The lowest BCUT2D eigenvalue weighted by molar-refractivity contribution is 0.0791. The molecule has 3 rings (SSSR count). The van der Waals surface area contributed by atoms with Gasteiger partial charge in [0.25, 0.3) is 11.5 Å². The molecule has 0 saturated heterocycles. The number of rotatable bonds is 5. The monoisotopic (exact) mass is 410 g/mol. The van der Waals surface area contributed by atoms with Gasteiger partial charge in [-0.1, -0.05) is 18.2 Å². The maximum Gasteiger partial charge on any atom is 0.352 e. The summed E-state index contributed by atoms with van der Waals surface area (Å²) in [6.45, 7) is 5.78. The summed E-state index contributed by atoms with van der Waals surface area (Å²) in [5.74, 6) is -1.07. The summed E-state index contributed by atoms with van der Waals surface area (Å²) < 4.78 is 15.6. The van der Waals surface area contributed by atoms with Crippen molar-refractivity contribution in [2.24, 2.45) is 0 Å². The Morgan fingerprint density at radius 1 is 1.10 bits per heavy atom. The third kappa shape index (κ3) is 4.07. The van der Waals surface area contributed by atoms with E-state index in [0.29, 0.717) is 17.8 Å². The molecule has 2 aromatic carbocycles. The van der Waals surface area contributed by atoms with Crippen LogP contribution in [-0.2, 0) is 6.54 Å². The number of carbonyl (C=O) groups is 1. The molecular weight excluding hydrogens is 387 g/mol. The number of carbonyl (C=O) groups excluding carboxylic acids is 1. The van der Waals surface area contributed by atoms with Crippen LogP contribution in [0.5, 0.6) is 0 Å². The van der Waals surface area contributed by atoms with Gasteiger partial charge in [0.1, 0.15) is 5.82 Å². The van der Waals surface area contributed by atoms with Gasteiger partial charge in [0.05, 0.1) is 12.2 Å². The summed E-state index contributed by atoms with van der Waals surface area (Å²) in [6, 6.07) is 10.9. The van der Waals surface area contributed by atoms with E-state index in [1.165, 1.54) is 23.1 Å². The van der Waals surface area contributed by atoms with Gasteiger partial charge in [-0.2, -0.15) is 9.78 Å². The van der Waals surface area contributed by atoms with Crippen molar-refractivity contribution in [2.45, 2.75) is 27.3 Å². The summed E-state index contributed by atoms with van der Waals surface area (Å²) in [6.07, 6.45) is 0. The molecule has 0 unspecified atom stereocenters. The quantitative estimate of drug-likeness (QED) is 0.647. The fourth-order valence-electron chi connectivity index (χ4n) is 2.96. The molecule has 0 aliphatic carbocycles. The third-order valence-electron chi connectivity index (χ3n) is 5.05. The van der Waals surface area contributed by atoms with Crippen molar-refractivity contribution >= 4 is 5.91 Å². The van der Waals surface area contributed by atoms with Crippen LogP contribution in [0.3, 0.4) is 0 Å². The normalized spacial score (nSPS) is 10.8. The second kappa shape index (κ2) is 8.44. The molecule has 1 heterocycles. The van der Waals surface area contributed by atoms with Gasteiger partial charge in [-0.25, -0.2) is 9.18 Å². The van der Waals surface area contributed by atoms with Crippen LogP contribution < -0.4 is 11.2 Å². The molecule has 8 heteroatoms. The molecule has 30 heavy (non-hydrogen) atoms. The lowest BCUT2D eigenvalue weighted by Gasteiger charge is -2.16. The lowest BCUT2D eigenvalue weighted by atomic mass is 10.1. The largest absolute Gasteiger partial charge is 0.352 e. The van der Waals surface area contributed by atoms with E-state index >= 15 is 0 Å². The smallest absolute Gasteiger partial charge is 0.340 e. The first-order valence-electron chi connectivity index (χ1n) is 9.54. The molecular formula is C22H23FN4O3. The van der Waals surface area contributed by atoms with Gasteiger partial charge in [-0.15, -0.1) is 0 Å². The minimum Gasteiger partial charge on any atom is -0.340 e. The highest BCUT2D eigenvalue weighted by molar-refractivity contribution is 5.91. The number of aromatic nitrogens is 3. The average molecular weight is 410 g/mol. The van der Waals surface area contributed by atoms with Crippen LogP contribution >= 0.6 is 0 Å². The fourth-order valence-corrected chi connectivity index (χ4v) is 2.96. The predicted octanol–water partition coefficient (Wildman–Crippen LogP) is 2.29. The van der Waals surface area contributed by atoms with E-state index in [1.54, 1.807) is 32.2 Å². The van der Waals surface area contributed by atoms with E-state index in [9.17, 15) is 18.8 Å². The molecule has 0 bridgehead atoms. The van der Waals surface area contributed by atoms with Crippen LogP contribution in [0.1, 0.15) is 34.1 Å². The average Bonchev–Trinajstić information content (AvgIpc) is 2.72. The van der Waals surface area contributed by atoms with Crippen LogP contribution in [0.15, 0.2) is 52.1 Å². The standard InChI is InChI=1S/C22H23FN4O3/c1-5-25(4)20(28)19-21(29)26(13-16-7-6-8-17(23)12-16)22(30)27(24-19)18-10-9-14(2)15(3)11-18/h6-12H,5,13H2,1-4H3. The molecule has 7 nitrogen and oxygen atoms in total. The van der Waals surface area contributed by atoms with Crippen LogP contribution in [0.25, 0.3) is 5.69 Å². The zero-order valence-corrected chi connectivity index (χ0v) is 17.3. The maximum atomic E-state index is 13.6. The first kappa shape index (κ1) is 21.2. The molecule has 0 radical (unpaired) electrons. The summed E-state index contributed by atoms with van der Waals surface area (Å²) in [7, 11) is 1.55. The topological polar surface area (TPSA) is 77.2 Å². The third-order valence-corrected chi connectivity index (χ3v) is 5.05. The van der Waals surface area contributed by atoms with E-state index in [2.05, 4.69) is 5.10 Å². The number of aryl methyl sites for hydroxylation is 2. The predicted molar refractivity (Wildman–Crippen MR) is 112 cm³/mol. The minimum absolute atomic E-state index is 0.182. The van der Waals surface area contributed by atoms with Crippen molar-refractivity contribution in [3.8, 4) is 5.69 Å². The number of nitrogens with zero attached hydrogens (tertiary/aromatic N) is 4. The Hall–Kier alpha value is -3.55. The fraction of sp³-hybridized carbons (Fsp3) is 0.273. The minimum atomic E-state index is -0.811. The van der Waals surface area contributed by atoms with Gasteiger partial charge >= 0.3 is 5.69 Å². The van der Waals surface area contributed by atoms with Crippen LogP contribution in [0.4, 0.5) is 4.39 Å². The number of halogens is 1. The van der Waals surface area contributed by atoms with Crippen LogP contribution in [-0.4, -0.2) is 38.7 Å². The zero-order valence-electron chi connectivity index (χ0n) is 17.3. The molecule has 0 aliphatic rings. The molecule has 0 aliphatic heterocycles. The highest BCUT2D eigenvalue weighted by Gasteiger charge is 2.22.